The Kier molecular flexibility index (Phi) is 3.80. The zero-order valence-corrected chi connectivity index (χ0v) is 10.0. The van der Waals surface area contributed by atoms with Crippen LogP contribution >= 0.6 is 0 Å². The minimum atomic E-state index is -4.56. The Morgan fingerprint density at radius 3 is 2.58 bits per heavy atom. The standard InChI is InChI=1S/C13H13F4NO/c14-9-3-4-11(13(15,16)17)10(6-9)12(18)8-2-1-5-19-7-8/h3-4,6-7,12H,1-2,5,18H2. The van der Waals surface area contributed by atoms with Crippen LogP contribution in [-0.2, 0) is 10.9 Å². The second-order valence-electron chi connectivity index (χ2n) is 4.37. The topological polar surface area (TPSA) is 35.2 Å². The van der Waals surface area contributed by atoms with E-state index >= 15 is 0 Å². The number of benzene rings is 1. The molecule has 104 valence electrons. The van der Waals surface area contributed by atoms with Crippen molar-refractivity contribution in [1.82, 2.24) is 0 Å². The molecule has 1 aromatic rings. The van der Waals surface area contributed by atoms with Crippen LogP contribution in [0.15, 0.2) is 30.0 Å². The molecule has 0 radical (unpaired) electrons. The predicted molar refractivity (Wildman–Crippen MR) is 61.6 cm³/mol. The molecule has 0 bridgehead atoms. The fourth-order valence-corrected chi connectivity index (χ4v) is 2.06. The highest BCUT2D eigenvalue weighted by atomic mass is 19.4. The molecule has 0 spiro atoms. The maximum atomic E-state index is 13.2. The Morgan fingerprint density at radius 2 is 2.00 bits per heavy atom. The third-order valence-corrected chi connectivity index (χ3v) is 3.02. The van der Waals surface area contributed by atoms with E-state index in [1.807, 2.05) is 0 Å². The van der Waals surface area contributed by atoms with E-state index < -0.39 is 23.6 Å². The average molecular weight is 275 g/mol. The smallest absolute Gasteiger partial charge is 0.416 e. The SMILES string of the molecule is NC(C1=COCCC1)c1cc(F)ccc1C(F)(F)F. The van der Waals surface area contributed by atoms with Gasteiger partial charge in [-0.3, -0.25) is 0 Å². The molecular formula is C13H13F4NO. The van der Waals surface area contributed by atoms with E-state index in [1.165, 1.54) is 6.26 Å². The number of hydrogen-bond acceptors (Lipinski definition) is 2. The Morgan fingerprint density at radius 1 is 1.26 bits per heavy atom. The summed E-state index contributed by atoms with van der Waals surface area (Å²) in [6, 6.07) is 1.33. The molecule has 2 rings (SSSR count). The Hall–Kier alpha value is -1.56. The van der Waals surface area contributed by atoms with Gasteiger partial charge < -0.3 is 10.5 Å². The molecule has 2 N–H and O–H groups in total. The first-order valence-corrected chi connectivity index (χ1v) is 5.82. The fourth-order valence-electron chi connectivity index (χ4n) is 2.06. The largest absolute Gasteiger partial charge is 0.501 e. The molecule has 0 saturated carbocycles. The molecule has 0 fully saturated rings. The predicted octanol–water partition coefficient (Wildman–Crippen LogP) is 3.54. The monoisotopic (exact) mass is 275 g/mol. The van der Waals surface area contributed by atoms with Gasteiger partial charge in [-0.15, -0.1) is 0 Å². The molecule has 0 aliphatic carbocycles. The summed E-state index contributed by atoms with van der Waals surface area (Å²) in [5, 5.41) is 0. The van der Waals surface area contributed by atoms with Gasteiger partial charge in [0.25, 0.3) is 0 Å². The van der Waals surface area contributed by atoms with Crippen molar-refractivity contribution >= 4 is 0 Å². The molecule has 1 aromatic carbocycles. The minimum absolute atomic E-state index is 0.260. The molecule has 6 heteroatoms. The Balaban J connectivity index is 2.42. The van der Waals surface area contributed by atoms with Gasteiger partial charge in [0, 0.05) is 0 Å². The van der Waals surface area contributed by atoms with Crippen LogP contribution in [0.4, 0.5) is 17.6 Å². The van der Waals surface area contributed by atoms with Gasteiger partial charge in [-0.2, -0.15) is 13.2 Å². The van der Waals surface area contributed by atoms with Crippen molar-refractivity contribution < 1.29 is 22.3 Å². The van der Waals surface area contributed by atoms with Gasteiger partial charge in [-0.1, -0.05) is 0 Å². The van der Waals surface area contributed by atoms with Gasteiger partial charge in [-0.25, -0.2) is 4.39 Å². The zero-order valence-electron chi connectivity index (χ0n) is 10.0. The lowest BCUT2D eigenvalue weighted by Gasteiger charge is -2.23. The van der Waals surface area contributed by atoms with Gasteiger partial charge >= 0.3 is 6.18 Å². The quantitative estimate of drug-likeness (QED) is 0.838. The van der Waals surface area contributed by atoms with Gasteiger partial charge in [0.1, 0.15) is 5.82 Å². The number of ether oxygens (including phenoxy) is 1. The molecule has 0 amide bonds. The summed E-state index contributed by atoms with van der Waals surface area (Å²) in [7, 11) is 0. The summed E-state index contributed by atoms with van der Waals surface area (Å²) in [6.07, 6.45) is -1.94. The van der Waals surface area contributed by atoms with E-state index in [-0.39, 0.29) is 5.56 Å². The minimum Gasteiger partial charge on any atom is -0.501 e. The molecule has 1 unspecified atom stereocenters. The van der Waals surface area contributed by atoms with E-state index in [2.05, 4.69) is 0 Å². The first-order chi connectivity index (χ1) is 8.89. The van der Waals surface area contributed by atoms with Crippen molar-refractivity contribution in [3.63, 3.8) is 0 Å². The second kappa shape index (κ2) is 5.21. The van der Waals surface area contributed by atoms with Crippen molar-refractivity contribution in [2.75, 3.05) is 6.61 Å². The van der Waals surface area contributed by atoms with Crippen LogP contribution in [0, 0.1) is 5.82 Å². The first-order valence-electron chi connectivity index (χ1n) is 5.82. The molecule has 1 heterocycles. The van der Waals surface area contributed by atoms with Crippen molar-refractivity contribution in [1.29, 1.82) is 0 Å². The summed E-state index contributed by atoms with van der Waals surface area (Å²) < 4.78 is 56.9. The number of rotatable bonds is 2. The van der Waals surface area contributed by atoms with E-state index in [9.17, 15) is 17.6 Å². The maximum Gasteiger partial charge on any atom is 0.416 e. The first kappa shape index (κ1) is 13.9. The van der Waals surface area contributed by atoms with Gasteiger partial charge in [0.2, 0.25) is 0 Å². The fraction of sp³-hybridized carbons (Fsp3) is 0.385. The lowest BCUT2D eigenvalue weighted by atomic mass is 9.92. The normalized spacial score (nSPS) is 17.6. The van der Waals surface area contributed by atoms with E-state index in [0.29, 0.717) is 25.0 Å². The van der Waals surface area contributed by atoms with Crippen LogP contribution < -0.4 is 5.73 Å². The molecule has 0 saturated heterocycles. The lowest BCUT2D eigenvalue weighted by molar-refractivity contribution is -0.138. The van der Waals surface area contributed by atoms with Crippen LogP contribution in [0.3, 0.4) is 0 Å². The summed E-state index contributed by atoms with van der Waals surface area (Å²) in [5.74, 6) is -0.740. The van der Waals surface area contributed by atoms with E-state index in [0.717, 1.165) is 18.2 Å². The van der Waals surface area contributed by atoms with Crippen LogP contribution in [-0.4, -0.2) is 6.61 Å². The van der Waals surface area contributed by atoms with E-state index in [4.69, 9.17) is 10.5 Å². The van der Waals surface area contributed by atoms with Crippen LogP contribution in [0.1, 0.15) is 30.0 Å². The molecule has 1 atom stereocenters. The van der Waals surface area contributed by atoms with Crippen molar-refractivity contribution in [3.8, 4) is 0 Å². The summed E-state index contributed by atoms with van der Waals surface area (Å²) in [5.41, 5.74) is 5.20. The summed E-state index contributed by atoms with van der Waals surface area (Å²) >= 11 is 0. The second-order valence-corrected chi connectivity index (χ2v) is 4.37. The molecule has 2 nitrogen and oxygen atoms in total. The molecular weight excluding hydrogens is 262 g/mol. The molecule has 1 aliphatic heterocycles. The average Bonchev–Trinajstić information content (AvgIpc) is 2.37. The molecule has 1 aliphatic rings. The Labute approximate surface area is 107 Å². The van der Waals surface area contributed by atoms with Gasteiger partial charge in [0.15, 0.2) is 0 Å². The number of nitrogens with two attached hydrogens (primary N) is 1. The molecule has 19 heavy (non-hydrogen) atoms. The van der Waals surface area contributed by atoms with Gasteiger partial charge in [0.05, 0.1) is 24.5 Å². The number of alkyl halides is 3. The summed E-state index contributed by atoms with van der Waals surface area (Å²) in [4.78, 5) is 0. The highest BCUT2D eigenvalue weighted by Gasteiger charge is 2.35. The Bertz CT molecular complexity index is 496. The third-order valence-electron chi connectivity index (χ3n) is 3.02. The van der Waals surface area contributed by atoms with Crippen molar-refractivity contribution in [2.24, 2.45) is 5.73 Å². The number of halogens is 4. The van der Waals surface area contributed by atoms with Crippen molar-refractivity contribution in [2.45, 2.75) is 25.1 Å². The maximum absolute atomic E-state index is 13.2. The summed E-state index contributed by atoms with van der Waals surface area (Å²) in [6.45, 7) is 0.519. The van der Waals surface area contributed by atoms with Gasteiger partial charge in [-0.05, 0) is 42.2 Å². The van der Waals surface area contributed by atoms with Crippen LogP contribution in [0.2, 0.25) is 0 Å². The highest BCUT2D eigenvalue weighted by Crippen LogP contribution is 2.37. The zero-order chi connectivity index (χ0) is 14.0. The lowest BCUT2D eigenvalue weighted by Crippen LogP contribution is -2.21. The molecule has 0 aromatic heterocycles. The van der Waals surface area contributed by atoms with Crippen LogP contribution in [0.5, 0.6) is 0 Å². The van der Waals surface area contributed by atoms with Crippen LogP contribution in [0.25, 0.3) is 0 Å². The van der Waals surface area contributed by atoms with Crippen molar-refractivity contribution in [3.05, 3.63) is 47.0 Å². The highest BCUT2D eigenvalue weighted by molar-refractivity contribution is 5.37. The third kappa shape index (κ3) is 3.07. The number of hydrogen-bond donors (Lipinski definition) is 1. The van der Waals surface area contributed by atoms with E-state index in [1.54, 1.807) is 0 Å².